The monoisotopic (exact) mass is 926 g/mol. The number of carbonyl (C=O) groups is 5. The first-order chi connectivity index (χ1) is 27.6. The van der Waals surface area contributed by atoms with Crippen molar-refractivity contribution in [2.75, 3.05) is 18.4 Å². The molecule has 1 heterocycles. The van der Waals surface area contributed by atoms with E-state index in [4.69, 9.17) is 14.2 Å². The van der Waals surface area contributed by atoms with Gasteiger partial charge in [0.15, 0.2) is 6.10 Å². The van der Waals surface area contributed by atoms with Crippen molar-refractivity contribution in [1.29, 1.82) is 0 Å². The van der Waals surface area contributed by atoms with E-state index in [0.717, 1.165) is 25.7 Å². The number of esters is 1. The third kappa shape index (κ3) is 16.3. The van der Waals surface area contributed by atoms with E-state index in [0.29, 0.717) is 37.1 Å². The van der Waals surface area contributed by atoms with Crippen LogP contribution in [-0.2, 0) is 46.5 Å². The molecule has 16 nitrogen and oxygen atoms in total. The predicted molar refractivity (Wildman–Crippen MR) is 223 cm³/mol. The first kappa shape index (κ1) is 48.3. The molecule has 1 saturated heterocycles. The quantitative estimate of drug-likeness (QED) is 0.0430. The third-order valence-corrected chi connectivity index (χ3v) is 10.3. The third-order valence-electron chi connectivity index (χ3n) is 9.54. The molecule has 0 aromatic heterocycles. The highest BCUT2D eigenvalue weighted by molar-refractivity contribution is 14.1. The lowest BCUT2D eigenvalue weighted by Gasteiger charge is -2.39. The molecular weight excluding hydrogens is 867 g/mol. The van der Waals surface area contributed by atoms with Gasteiger partial charge < -0.3 is 55.9 Å². The van der Waals surface area contributed by atoms with Gasteiger partial charge >= 0.3 is 11.9 Å². The predicted octanol–water partition coefficient (Wildman–Crippen LogP) is 3.16. The summed E-state index contributed by atoms with van der Waals surface area (Å²) in [7, 11) is 0. The molecule has 1 aliphatic heterocycles. The van der Waals surface area contributed by atoms with Gasteiger partial charge in [0.25, 0.3) is 5.91 Å². The lowest BCUT2D eigenvalue weighted by atomic mass is 9.98. The Morgan fingerprint density at radius 2 is 1.53 bits per heavy atom. The molecule has 0 aliphatic carbocycles. The van der Waals surface area contributed by atoms with E-state index >= 15 is 0 Å². The van der Waals surface area contributed by atoms with E-state index in [2.05, 4.69) is 68.1 Å². The number of carboxylic acid groups (broad SMARTS) is 1. The number of carboxylic acids is 1. The zero-order valence-electron chi connectivity index (χ0n) is 33.6. The van der Waals surface area contributed by atoms with Gasteiger partial charge in [-0.15, -0.1) is 0 Å². The zero-order chi connectivity index (χ0) is 42.8. The fourth-order valence-electron chi connectivity index (χ4n) is 5.83. The summed E-state index contributed by atoms with van der Waals surface area (Å²) in [6.07, 6.45) is -4.31. The maximum Gasteiger partial charge on any atom is 0.326 e. The number of hydrogen-bond acceptors (Lipinski definition) is 12. The Kier molecular flexibility index (Phi) is 20.6. The Morgan fingerprint density at radius 3 is 2.21 bits per heavy atom. The molecule has 2 aromatic rings. The number of halogens is 1. The molecule has 8 N–H and O–H groups in total. The van der Waals surface area contributed by atoms with Crippen LogP contribution in [0.5, 0.6) is 5.75 Å². The topological polar surface area (TPSA) is 242 Å². The van der Waals surface area contributed by atoms with Crippen molar-refractivity contribution in [3.8, 4) is 5.75 Å². The normalized spacial score (nSPS) is 20.1. The summed E-state index contributed by atoms with van der Waals surface area (Å²) in [4.78, 5) is 61.8. The van der Waals surface area contributed by atoms with Gasteiger partial charge in [-0.1, -0.05) is 39.0 Å². The summed E-state index contributed by atoms with van der Waals surface area (Å²) in [6.45, 7) is 7.39. The molecule has 1 fully saturated rings. The maximum absolute atomic E-state index is 13.1. The second-order valence-electron chi connectivity index (χ2n) is 14.7. The number of aliphatic hydroxyl groups is 3. The summed E-state index contributed by atoms with van der Waals surface area (Å²) in [6, 6.07) is 12.1. The van der Waals surface area contributed by atoms with Gasteiger partial charge in [-0.2, -0.15) is 0 Å². The number of benzene rings is 2. The van der Waals surface area contributed by atoms with Crippen molar-refractivity contribution in [2.45, 2.75) is 135 Å². The van der Waals surface area contributed by atoms with Crippen LogP contribution in [0.2, 0.25) is 0 Å². The number of aliphatic carboxylic acids is 1. The Hall–Kier alpha value is -4.04. The minimum atomic E-state index is -1.85. The van der Waals surface area contributed by atoms with Crippen molar-refractivity contribution in [2.24, 2.45) is 5.92 Å². The van der Waals surface area contributed by atoms with Crippen LogP contribution in [0.3, 0.4) is 0 Å². The van der Waals surface area contributed by atoms with Crippen LogP contribution >= 0.6 is 22.6 Å². The SMILES string of the molecule is CCC(C)Nc1ccc(COC(=O)C(C)C)cc1O[C@@H]1O[C@H](C(=O)NCCC(=O)N[C@@H](CCCCNC(=O)CCCCc2ccc(I)cc2)C(=O)O)[C@@H](O)[C@H](O)[C@H]1O. The van der Waals surface area contributed by atoms with E-state index in [9.17, 15) is 44.4 Å². The highest BCUT2D eigenvalue weighted by Crippen LogP contribution is 2.32. The molecular formula is C41H59IN4O12. The number of aliphatic hydroxyl groups excluding tert-OH is 3. The molecule has 2 aromatic carbocycles. The molecule has 3 amide bonds. The van der Waals surface area contributed by atoms with Gasteiger partial charge in [-0.3, -0.25) is 19.2 Å². The van der Waals surface area contributed by atoms with Crippen LogP contribution in [0.15, 0.2) is 42.5 Å². The van der Waals surface area contributed by atoms with Gasteiger partial charge in [0.2, 0.25) is 18.1 Å². The number of unbranched alkanes of at least 4 members (excludes halogenated alkanes) is 2. The van der Waals surface area contributed by atoms with Crippen LogP contribution in [0.1, 0.15) is 90.2 Å². The standard InChI is InChI=1S/C41H59IN4O12/c1-5-25(4)45-29-18-15-27(23-56-40(55)24(2)3)22-31(29)57-41-36(51)34(49)35(50)37(58-41)38(52)44-21-19-33(48)46-30(39(53)54)11-8-9-20-43-32(47)12-7-6-10-26-13-16-28(42)17-14-26/h13-18,22,24-25,30,34-37,41,45,49-51H,5-12,19-21,23H2,1-4H3,(H,43,47)(H,44,52)(H,46,48)(H,53,54)/t25?,30-,34-,35-,36+,37-,41+/m0/s1. The van der Waals surface area contributed by atoms with Crippen molar-refractivity contribution >= 4 is 57.9 Å². The number of carbonyl (C=O) groups excluding carboxylic acids is 4. The van der Waals surface area contributed by atoms with Crippen molar-refractivity contribution < 1.29 is 58.6 Å². The van der Waals surface area contributed by atoms with Gasteiger partial charge in [-0.25, -0.2) is 4.79 Å². The molecule has 7 atom stereocenters. The highest BCUT2D eigenvalue weighted by atomic mass is 127. The van der Waals surface area contributed by atoms with Gasteiger partial charge in [0, 0.05) is 35.5 Å². The summed E-state index contributed by atoms with van der Waals surface area (Å²) in [5.74, 6) is -3.41. The van der Waals surface area contributed by atoms with Crippen molar-refractivity contribution in [1.82, 2.24) is 16.0 Å². The molecule has 3 rings (SSSR count). The Balaban J connectivity index is 1.45. The molecule has 0 saturated carbocycles. The minimum absolute atomic E-state index is 0.00702. The Bertz CT molecular complexity index is 1650. The molecule has 58 heavy (non-hydrogen) atoms. The summed E-state index contributed by atoms with van der Waals surface area (Å²) in [5.41, 5.74) is 2.29. The highest BCUT2D eigenvalue weighted by Gasteiger charge is 2.48. The molecule has 0 radical (unpaired) electrons. The van der Waals surface area contributed by atoms with Crippen LogP contribution in [-0.4, -0.2) is 106 Å². The average molecular weight is 927 g/mol. The summed E-state index contributed by atoms with van der Waals surface area (Å²) < 4.78 is 18.1. The van der Waals surface area contributed by atoms with Crippen LogP contribution in [0, 0.1) is 9.49 Å². The lowest BCUT2D eigenvalue weighted by molar-refractivity contribution is -0.266. The zero-order valence-corrected chi connectivity index (χ0v) is 35.7. The first-order valence-electron chi connectivity index (χ1n) is 19.8. The summed E-state index contributed by atoms with van der Waals surface area (Å²) >= 11 is 2.26. The second-order valence-corrected chi connectivity index (χ2v) is 16.0. The smallest absolute Gasteiger partial charge is 0.326 e. The number of anilines is 1. The van der Waals surface area contributed by atoms with E-state index in [1.54, 1.807) is 32.0 Å². The van der Waals surface area contributed by atoms with Crippen molar-refractivity contribution in [3.05, 3.63) is 57.2 Å². The van der Waals surface area contributed by atoms with Crippen molar-refractivity contribution in [3.63, 3.8) is 0 Å². The minimum Gasteiger partial charge on any atom is -0.480 e. The molecule has 0 bridgehead atoms. The molecule has 0 spiro atoms. The lowest BCUT2D eigenvalue weighted by Crippen LogP contribution is -2.62. The number of amides is 3. The van der Waals surface area contributed by atoms with Crippen LogP contribution < -0.4 is 26.0 Å². The van der Waals surface area contributed by atoms with E-state index in [1.807, 2.05) is 13.8 Å². The van der Waals surface area contributed by atoms with Gasteiger partial charge in [-0.05, 0) is 110 Å². The van der Waals surface area contributed by atoms with E-state index in [-0.39, 0.29) is 49.6 Å². The average Bonchev–Trinajstić information content (AvgIpc) is 3.19. The van der Waals surface area contributed by atoms with Crippen LogP contribution in [0.4, 0.5) is 5.69 Å². The van der Waals surface area contributed by atoms with Crippen LogP contribution in [0.25, 0.3) is 0 Å². The first-order valence-corrected chi connectivity index (χ1v) is 20.9. The number of nitrogens with one attached hydrogen (secondary N) is 4. The summed E-state index contributed by atoms with van der Waals surface area (Å²) in [5, 5.41) is 52.7. The fraction of sp³-hybridized carbons (Fsp3) is 0.585. The number of rotatable bonds is 24. The maximum atomic E-state index is 13.1. The molecule has 1 aliphatic rings. The van der Waals surface area contributed by atoms with E-state index < -0.39 is 60.5 Å². The number of aryl methyl sites for hydroxylation is 1. The number of hydrogen-bond donors (Lipinski definition) is 8. The number of ether oxygens (including phenoxy) is 3. The van der Waals surface area contributed by atoms with E-state index in [1.165, 1.54) is 9.13 Å². The largest absolute Gasteiger partial charge is 0.480 e. The molecule has 322 valence electrons. The van der Waals surface area contributed by atoms with Gasteiger partial charge in [0.05, 0.1) is 11.6 Å². The molecule has 17 heteroatoms. The molecule has 1 unspecified atom stereocenters. The Morgan fingerprint density at radius 1 is 0.828 bits per heavy atom. The fourth-order valence-corrected chi connectivity index (χ4v) is 6.19. The van der Waals surface area contributed by atoms with Gasteiger partial charge in [0.1, 0.15) is 36.7 Å². The Labute approximate surface area is 353 Å². The second kappa shape index (κ2) is 24.8.